The Hall–Kier alpha value is -3.60. The molecule has 0 saturated heterocycles. The molecule has 0 aliphatic rings. The molecule has 1 N–H and O–H groups in total. The Morgan fingerprint density at radius 1 is 0.786 bits per heavy atom. The average Bonchev–Trinajstić information content (AvgIpc) is 2.77. The molecule has 3 aromatic carbocycles. The van der Waals surface area contributed by atoms with Crippen LogP contribution in [0.2, 0.25) is 0 Å². The van der Waals surface area contributed by atoms with Crippen LogP contribution in [0.1, 0.15) is 22.8 Å². The summed E-state index contributed by atoms with van der Waals surface area (Å²) in [5, 5.41) is 4.20. The van der Waals surface area contributed by atoms with Crippen molar-refractivity contribution < 1.29 is 14.3 Å². The van der Waals surface area contributed by atoms with Gasteiger partial charge in [0.05, 0.1) is 19.9 Å². The molecule has 0 radical (unpaired) electrons. The second-order valence-corrected chi connectivity index (χ2v) is 6.15. The SMILES string of the molecule is COc1ccc(C(C)=NNC(=O)c2ccc(-c3ccccc3)cc2)cc1OC. The molecule has 0 saturated carbocycles. The minimum Gasteiger partial charge on any atom is -0.493 e. The highest BCUT2D eigenvalue weighted by Crippen LogP contribution is 2.27. The molecule has 0 spiro atoms. The molecule has 3 rings (SSSR count). The summed E-state index contributed by atoms with van der Waals surface area (Å²) < 4.78 is 10.5. The van der Waals surface area contributed by atoms with Gasteiger partial charge in [0.2, 0.25) is 0 Å². The molecule has 1 amide bonds. The van der Waals surface area contributed by atoms with Crippen LogP contribution in [0.3, 0.4) is 0 Å². The summed E-state index contributed by atoms with van der Waals surface area (Å²) in [5.74, 6) is 0.985. The molecule has 28 heavy (non-hydrogen) atoms. The van der Waals surface area contributed by atoms with Crippen LogP contribution in [0.4, 0.5) is 0 Å². The standard InChI is InChI=1S/C23H22N2O3/c1-16(20-13-14-21(27-2)22(15-20)28-3)24-25-23(26)19-11-9-18(10-12-19)17-7-5-4-6-8-17/h4-15H,1-3H3,(H,25,26). The molecule has 142 valence electrons. The summed E-state index contributed by atoms with van der Waals surface area (Å²) in [6.07, 6.45) is 0. The number of carbonyl (C=O) groups is 1. The fraction of sp³-hybridized carbons (Fsp3) is 0.130. The summed E-state index contributed by atoms with van der Waals surface area (Å²) in [6, 6.07) is 22.9. The van der Waals surface area contributed by atoms with Gasteiger partial charge in [0.15, 0.2) is 11.5 Å². The molecule has 5 heteroatoms. The van der Waals surface area contributed by atoms with Crippen LogP contribution in [0.5, 0.6) is 11.5 Å². The molecule has 5 nitrogen and oxygen atoms in total. The molecule has 0 fully saturated rings. The van der Waals surface area contributed by atoms with Crippen LogP contribution in [-0.4, -0.2) is 25.8 Å². The lowest BCUT2D eigenvalue weighted by Crippen LogP contribution is -2.19. The Morgan fingerprint density at radius 3 is 2.04 bits per heavy atom. The largest absolute Gasteiger partial charge is 0.493 e. The zero-order valence-electron chi connectivity index (χ0n) is 16.1. The third-order valence-electron chi connectivity index (χ3n) is 4.38. The van der Waals surface area contributed by atoms with E-state index in [0.717, 1.165) is 16.7 Å². The van der Waals surface area contributed by atoms with E-state index < -0.39 is 0 Å². The van der Waals surface area contributed by atoms with E-state index in [1.54, 1.807) is 32.4 Å². The first-order valence-electron chi connectivity index (χ1n) is 8.85. The summed E-state index contributed by atoms with van der Waals surface area (Å²) in [6.45, 7) is 1.82. The summed E-state index contributed by atoms with van der Waals surface area (Å²) in [5.41, 5.74) is 6.80. The zero-order valence-corrected chi connectivity index (χ0v) is 16.1. The number of hydrogen-bond donors (Lipinski definition) is 1. The predicted molar refractivity (Wildman–Crippen MR) is 111 cm³/mol. The van der Waals surface area contributed by atoms with Crippen molar-refractivity contribution >= 4 is 11.6 Å². The number of nitrogens with zero attached hydrogens (tertiary/aromatic N) is 1. The molecule has 0 unspecified atom stereocenters. The van der Waals surface area contributed by atoms with Gasteiger partial charge in [0.1, 0.15) is 0 Å². The highest BCUT2D eigenvalue weighted by Gasteiger charge is 2.08. The van der Waals surface area contributed by atoms with E-state index in [0.29, 0.717) is 22.8 Å². The second kappa shape index (κ2) is 8.86. The molecule has 0 aromatic heterocycles. The Bertz CT molecular complexity index is 980. The van der Waals surface area contributed by atoms with Crippen molar-refractivity contribution in [1.29, 1.82) is 0 Å². The minimum absolute atomic E-state index is 0.264. The van der Waals surface area contributed by atoms with E-state index in [1.807, 2.05) is 61.5 Å². The van der Waals surface area contributed by atoms with Crippen molar-refractivity contribution in [3.63, 3.8) is 0 Å². The zero-order chi connectivity index (χ0) is 19.9. The Kier molecular flexibility index (Phi) is 6.07. The van der Waals surface area contributed by atoms with Crippen molar-refractivity contribution in [2.45, 2.75) is 6.92 Å². The third kappa shape index (κ3) is 4.38. The fourth-order valence-electron chi connectivity index (χ4n) is 2.77. The van der Waals surface area contributed by atoms with E-state index in [-0.39, 0.29) is 5.91 Å². The maximum atomic E-state index is 12.4. The van der Waals surface area contributed by atoms with Gasteiger partial charge < -0.3 is 9.47 Å². The van der Waals surface area contributed by atoms with Gasteiger partial charge in [-0.15, -0.1) is 0 Å². The number of methoxy groups -OCH3 is 2. The highest BCUT2D eigenvalue weighted by molar-refractivity contribution is 6.01. The van der Waals surface area contributed by atoms with Crippen LogP contribution < -0.4 is 14.9 Å². The predicted octanol–water partition coefficient (Wildman–Crippen LogP) is 4.52. The summed E-state index contributed by atoms with van der Waals surface area (Å²) in [4.78, 5) is 12.4. The molecule has 0 atom stereocenters. The summed E-state index contributed by atoms with van der Waals surface area (Å²) in [7, 11) is 3.16. The minimum atomic E-state index is -0.264. The van der Waals surface area contributed by atoms with E-state index in [4.69, 9.17) is 9.47 Å². The van der Waals surface area contributed by atoms with Gasteiger partial charge in [-0.25, -0.2) is 5.43 Å². The maximum Gasteiger partial charge on any atom is 0.271 e. The number of hydrazone groups is 1. The van der Waals surface area contributed by atoms with Gasteiger partial charge >= 0.3 is 0 Å². The van der Waals surface area contributed by atoms with Gasteiger partial charge in [0.25, 0.3) is 5.91 Å². The molecule has 0 aliphatic heterocycles. The van der Waals surface area contributed by atoms with Crippen molar-refractivity contribution in [2.24, 2.45) is 5.10 Å². The number of hydrogen-bond acceptors (Lipinski definition) is 4. The van der Waals surface area contributed by atoms with Gasteiger partial charge in [-0.1, -0.05) is 42.5 Å². The number of ether oxygens (including phenoxy) is 2. The Balaban J connectivity index is 1.70. The number of benzene rings is 3. The number of rotatable bonds is 6. The lowest BCUT2D eigenvalue weighted by atomic mass is 10.0. The van der Waals surface area contributed by atoms with Crippen molar-refractivity contribution in [3.05, 3.63) is 83.9 Å². The Labute approximate surface area is 164 Å². The number of nitrogens with one attached hydrogen (secondary N) is 1. The molecule has 0 aliphatic carbocycles. The van der Waals surface area contributed by atoms with Crippen molar-refractivity contribution in [2.75, 3.05) is 14.2 Å². The molecule has 0 heterocycles. The average molecular weight is 374 g/mol. The molecule has 0 bridgehead atoms. The molecular formula is C23H22N2O3. The summed E-state index contributed by atoms with van der Waals surface area (Å²) >= 11 is 0. The lowest BCUT2D eigenvalue weighted by molar-refractivity contribution is 0.0955. The second-order valence-electron chi connectivity index (χ2n) is 6.15. The third-order valence-corrected chi connectivity index (χ3v) is 4.38. The lowest BCUT2D eigenvalue weighted by Gasteiger charge is -2.09. The van der Waals surface area contributed by atoms with E-state index in [2.05, 4.69) is 10.5 Å². The van der Waals surface area contributed by atoms with Crippen LogP contribution in [0.25, 0.3) is 11.1 Å². The smallest absolute Gasteiger partial charge is 0.271 e. The first-order chi connectivity index (χ1) is 13.6. The van der Waals surface area contributed by atoms with Gasteiger partial charge in [-0.05, 0) is 48.4 Å². The van der Waals surface area contributed by atoms with Crippen LogP contribution >= 0.6 is 0 Å². The van der Waals surface area contributed by atoms with Crippen LogP contribution in [0.15, 0.2) is 77.9 Å². The van der Waals surface area contributed by atoms with Gasteiger partial charge in [-0.3, -0.25) is 4.79 Å². The quantitative estimate of drug-likeness (QED) is 0.510. The first kappa shape index (κ1) is 19.2. The topological polar surface area (TPSA) is 59.9 Å². The van der Waals surface area contributed by atoms with E-state index >= 15 is 0 Å². The van der Waals surface area contributed by atoms with Crippen molar-refractivity contribution in [3.8, 4) is 22.6 Å². The normalized spacial score (nSPS) is 11.0. The first-order valence-corrected chi connectivity index (χ1v) is 8.85. The monoisotopic (exact) mass is 374 g/mol. The maximum absolute atomic E-state index is 12.4. The van der Waals surface area contributed by atoms with E-state index in [9.17, 15) is 4.79 Å². The number of amides is 1. The number of carbonyl (C=O) groups excluding carboxylic acids is 1. The van der Waals surface area contributed by atoms with Crippen LogP contribution in [0, 0.1) is 0 Å². The Morgan fingerprint density at radius 2 is 1.39 bits per heavy atom. The fourth-order valence-corrected chi connectivity index (χ4v) is 2.77. The molecular weight excluding hydrogens is 352 g/mol. The van der Waals surface area contributed by atoms with E-state index in [1.165, 1.54) is 0 Å². The highest BCUT2D eigenvalue weighted by atomic mass is 16.5. The van der Waals surface area contributed by atoms with Crippen LogP contribution in [-0.2, 0) is 0 Å². The molecule has 3 aromatic rings. The van der Waals surface area contributed by atoms with Gasteiger partial charge in [-0.2, -0.15) is 5.10 Å². The van der Waals surface area contributed by atoms with Crippen molar-refractivity contribution in [1.82, 2.24) is 5.43 Å². The van der Waals surface area contributed by atoms with Gasteiger partial charge in [0, 0.05) is 11.1 Å².